The molecule has 2 aromatic rings. The second kappa shape index (κ2) is 9.38. The molecule has 138 valence electrons. The minimum absolute atomic E-state index is 0.00776. The maximum absolute atomic E-state index is 12.9. The highest BCUT2D eigenvalue weighted by Crippen LogP contribution is 2.20. The van der Waals surface area contributed by atoms with Crippen LogP contribution in [0.25, 0.3) is 0 Å². The van der Waals surface area contributed by atoms with Gasteiger partial charge >= 0.3 is 0 Å². The minimum Gasteiger partial charge on any atom is -0.336 e. The maximum Gasteiger partial charge on any atom is 0.243 e. The van der Waals surface area contributed by atoms with Gasteiger partial charge in [-0.05, 0) is 49.2 Å². The molecule has 0 aromatic heterocycles. The van der Waals surface area contributed by atoms with Crippen molar-refractivity contribution in [1.82, 2.24) is 4.90 Å². The van der Waals surface area contributed by atoms with Crippen LogP contribution in [0.5, 0.6) is 0 Å². The first kappa shape index (κ1) is 20.0. The summed E-state index contributed by atoms with van der Waals surface area (Å²) in [5, 5.41) is 2.88. The van der Waals surface area contributed by atoms with E-state index in [9.17, 15) is 14.0 Å². The van der Waals surface area contributed by atoms with Crippen molar-refractivity contribution in [1.29, 1.82) is 0 Å². The van der Waals surface area contributed by atoms with Crippen LogP contribution in [0.1, 0.15) is 17.5 Å². The smallest absolute Gasteiger partial charge is 0.243 e. The lowest BCUT2D eigenvalue weighted by Gasteiger charge is -2.18. The van der Waals surface area contributed by atoms with Crippen molar-refractivity contribution < 1.29 is 14.0 Å². The molecule has 0 atom stereocenters. The van der Waals surface area contributed by atoms with Gasteiger partial charge in [-0.15, -0.1) is 11.8 Å². The van der Waals surface area contributed by atoms with E-state index >= 15 is 0 Å². The van der Waals surface area contributed by atoms with E-state index in [1.807, 2.05) is 32.0 Å². The first-order valence-electron chi connectivity index (χ1n) is 8.35. The number of nitrogens with one attached hydrogen (secondary N) is 1. The molecule has 6 heteroatoms. The van der Waals surface area contributed by atoms with Gasteiger partial charge in [-0.2, -0.15) is 0 Å². The average Bonchev–Trinajstić information content (AvgIpc) is 2.60. The summed E-state index contributed by atoms with van der Waals surface area (Å²) in [5.41, 5.74) is 2.77. The molecular weight excluding hydrogens is 351 g/mol. The Bertz CT molecular complexity index is 758. The lowest BCUT2D eigenvalue weighted by Crippen LogP contribution is -2.35. The van der Waals surface area contributed by atoms with E-state index in [-0.39, 0.29) is 24.2 Å². The molecule has 0 spiro atoms. The van der Waals surface area contributed by atoms with E-state index in [4.69, 9.17) is 0 Å². The number of hydrogen-bond donors (Lipinski definition) is 1. The molecule has 0 unspecified atom stereocenters. The lowest BCUT2D eigenvalue weighted by molar-refractivity contribution is -0.132. The topological polar surface area (TPSA) is 49.4 Å². The SMILES string of the molecule is Cc1cccc(C)c1NC(=O)CN(C)C(=O)CCSc1ccc(F)cc1. The van der Waals surface area contributed by atoms with Crippen LogP contribution >= 0.6 is 11.8 Å². The number of thioether (sulfide) groups is 1. The van der Waals surface area contributed by atoms with Crippen LogP contribution < -0.4 is 5.32 Å². The van der Waals surface area contributed by atoms with Gasteiger partial charge in [0.25, 0.3) is 0 Å². The molecule has 0 radical (unpaired) electrons. The molecular formula is C20H23FN2O2S. The number of halogens is 1. The summed E-state index contributed by atoms with van der Waals surface area (Å²) in [5.74, 6) is -0.0198. The van der Waals surface area contributed by atoms with E-state index in [1.165, 1.54) is 28.8 Å². The van der Waals surface area contributed by atoms with Gasteiger partial charge in [-0.1, -0.05) is 18.2 Å². The van der Waals surface area contributed by atoms with E-state index in [0.29, 0.717) is 12.2 Å². The number of anilines is 1. The number of amides is 2. The largest absolute Gasteiger partial charge is 0.336 e. The predicted molar refractivity (Wildman–Crippen MR) is 104 cm³/mol. The van der Waals surface area contributed by atoms with Crippen molar-refractivity contribution in [3.63, 3.8) is 0 Å². The van der Waals surface area contributed by atoms with Gasteiger partial charge in [0, 0.05) is 29.8 Å². The predicted octanol–water partition coefficient (Wildman–Crippen LogP) is 4.02. The molecule has 0 saturated heterocycles. The highest BCUT2D eigenvalue weighted by atomic mass is 32.2. The van der Waals surface area contributed by atoms with Crippen molar-refractivity contribution in [3.05, 3.63) is 59.4 Å². The number of rotatable bonds is 7. The maximum atomic E-state index is 12.9. The first-order chi connectivity index (χ1) is 12.4. The van der Waals surface area contributed by atoms with Crippen LogP contribution in [0.3, 0.4) is 0 Å². The normalized spacial score (nSPS) is 10.5. The van der Waals surface area contributed by atoms with Crippen LogP contribution in [0.2, 0.25) is 0 Å². The average molecular weight is 374 g/mol. The van der Waals surface area contributed by atoms with E-state index in [0.717, 1.165) is 21.7 Å². The van der Waals surface area contributed by atoms with E-state index < -0.39 is 0 Å². The zero-order chi connectivity index (χ0) is 19.1. The Morgan fingerprint density at radius 3 is 2.31 bits per heavy atom. The molecule has 2 aromatic carbocycles. The number of aryl methyl sites for hydroxylation is 2. The van der Waals surface area contributed by atoms with E-state index in [2.05, 4.69) is 5.32 Å². The van der Waals surface area contributed by atoms with Crippen molar-refractivity contribution in [3.8, 4) is 0 Å². The summed E-state index contributed by atoms with van der Waals surface area (Å²) >= 11 is 1.49. The van der Waals surface area contributed by atoms with Crippen molar-refractivity contribution in [2.75, 3.05) is 24.7 Å². The Morgan fingerprint density at radius 1 is 1.08 bits per heavy atom. The molecule has 1 N–H and O–H groups in total. The van der Waals surface area contributed by atoms with Gasteiger partial charge in [0.15, 0.2) is 0 Å². The molecule has 0 aliphatic rings. The van der Waals surface area contributed by atoms with Gasteiger partial charge in [0.05, 0.1) is 6.54 Å². The third kappa shape index (κ3) is 5.88. The minimum atomic E-state index is -0.278. The number of carbonyl (C=O) groups excluding carboxylic acids is 2. The fourth-order valence-corrected chi connectivity index (χ4v) is 3.31. The van der Waals surface area contributed by atoms with Gasteiger partial charge in [-0.3, -0.25) is 9.59 Å². The molecule has 4 nitrogen and oxygen atoms in total. The van der Waals surface area contributed by atoms with Gasteiger partial charge in [-0.25, -0.2) is 4.39 Å². The second-order valence-corrected chi connectivity index (χ2v) is 7.29. The Labute approximate surface area is 157 Å². The molecule has 0 fully saturated rings. The summed E-state index contributed by atoms with van der Waals surface area (Å²) in [6.07, 6.45) is 0.315. The van der Waals surface area contributed by atoms with Gasteiger partial charge < -0.3 is 10.2 Å². The Morgan fingerprint density at radius 2 is 1.69 bits per heavy atom. The standard InChI is InChI=1S/C20H23FN2O2S/c1-14-5-4-6-15(2)20(14)22-18(24)13-23(3)19(25)11-12-26-17-9-7-16(21)8-10-17/h4-10H,11-13H2,1-3H3,(H,22,24). The van der Waals surface area contributed by atoms with Crippen LogP contribution in [0, 0.1) is 19.7 Å². The third-order valence-electron chi connectivity index (χ3n) is 3.95. The number of hydrogen-bond acceptors (Lipinski definition) is 3. The van der Waals surface area contributed by atoms with Crippen molar-refractivity contribution in [2.24, 2.45) is 0 Å². The zero-order valence-corrected chi connectivity index (χ0v) is 16.0. The Kier molecular flexibility index (Phi) is 7.21. The summed E-state index contributed by atoms with van der Waals surface area (Å²) < 4.78 is 12.9. The van der Waals surface area contributed by atoms with Crippen LogP contribution in [0.4, 0.5) is 10.1 Å². The summed E-state index contributed by atoms with van der Waals surface area (Å²) in [6, 6.07) is 12.0. The van der Waals surface area contributed by atoms with Crippen LogP contribution in [-0.2, 0) is 9.59 Å². The highest BCUT2D eigenvalue weighted by Gasteiger charge is 2.14. The summed E-state index contributed by atoms with van der Waals surface area (Å²) in [6.45, 7) is 3.88. The number of nitrogens with zero attached hydrogens (tertiary/aromatic N) is 1. The fourth-order valence-electron chi connectivity index (χ4n) is 2.47. The fraction of sp³-hybridized carbons (Fsp3) is 0.300. The molecule has 0 heterocycles. The van der Waals surface area contributed by atoms with Crippen molar-refractivity contribution in [2.45, 2.75) is 25.2 Å². The number of carbonyl (C=O) groups is 2. The first-order valence-corrected chi connectivity index (χ1v) is 9.34. The molecule has 2 amide bonds. The molecule has 26 heavy (non-hydrogen) atoms. The number of likely N-dealkylation sites (N-methyl/N-ethyl adjacent to an activating group) is 1. The number of para-hydroxylation sites is 1. The lowest BCUT2D eigenvalue weighted by atomic mass is 10.1. The summed E-state index contributed by atoms with van der Waals surface area (Å²) in [7, 11) is 1.62. The number of benzene rings is 2. The highest BCUT2D eigenvalue weighted by molar-refractivity contribution is 7.99. The van der Waals surface area contributed by atoms with Gasteiger partial charge in [0.1, 0.15) is 5.82 Å². The molecule has 2 rings (SSSR count). The zero-order valence-electron chi connectivity index (χ0n) is 15.2. The third-order valence-corrected chi connectivity index (χ3v) is 4.96. The molecule has 0 aliphatic heterocycles. The van der Waals surface area contributed by atoms with Crippen LogP contribution in [0.15, 0.2) is 47.4 Å². The van der Waals surface area contributed by atoms with Crippen molar-refractivity contribution >= 4 is 29.3 Å². The van der Waals surface area contributed by atoms with E-state index in [1.54, 1.807) is 19.2 Å². The molecule has 0 saturated carbocycles. The Balaban J connectivity index is 1.79. The van der Waals surface area contributed by atoms with Gasteiger partial charge in [0.2, 0.25) is 11.8 Å². The quantitative estimate of drug-likeness (QED) is 0.745. The molecule has 0 bridgehead atoms. The summed E-state index contributed by atoms with van der Waals surface area (Å²) in [4.78, 5) is 26.7. The van der Waals surface area contributed by atoms with Crippen LogP contribution in [-0.4, -0.2) is 36.1 Å². The second-order valence-electron chi connectivity index (χ2n) is 6.12. The Hall–Kier alpha value is -2.34. The molecule has 0 aliphatic carbocycles. The monoisotopic (exact) mass is 374 g/mol.